The molecule has 3 rings (SSSR count). The molecule has 0 bridgehead atoms. The van der Waals surface area contributed by atoms with Gasteiger partial charge < -0.3 is 0 Å². The van der Waals surface area contributed by atoms with Gasteiger partial charge in [0.15, 0.2) is 0 Å². The zero-order valence-corrected chi connectivity index (χ0v) is 17.1. The monoisotopic (exact) mass is 442 g/mol. The summed E-state index contributed by atoms with van der Waals surface area (Å²) in [6.07, 6.45) is 0. The molecule has 3 aromatic rings. The van der Waals surface area contributed by atoms with Crippen LogP contribution in [0.25, 0.3) is 48.2 Å². The SMILES string of the molecule is [C-]#[N+]/C(C#N)=c1/cc(-c2ccc(C#N)c(F)c2)/c(=C(\C#N)[N+]#[C-])cc1-c1ccc([N+]#[C-])c(F)c1. The molecule has 8 heteroatoms. The lowest BCUT2D eigenvalue weighted by molar-refractivity contribution is 0.624. The molecule has 6 nitrogen and oxygen atoms in total. The predicted octanol–water partition coefficient (Wildman–Crippen LogP) is 4.82. The molecule has 0 fully saturated rings. The Bertz CT molecular complexity index is 1580. The minimum Gasteiger partial charge on any atom is -0.235 e. The van der Waals surface area contributed by atoms with E-state index in [1.807, 2.05) is 0 Å². The molecule has 34 heavy (non-hydrogen) atoms. The fourth-order valence-electron chi connectivity index (χ4n) is 3.30. The minimum atomic E-state index is -0.829. The van der Waals surface area contributed by atoms with E-state index in [4.69, 9.17) is 25.0 Å². The Balaban J connectivity index is 2.59. The molecule has 0 aromatic heterocycles. The molecule has 0 saturated heterocycles. The fourth-order valence-corrected chi connectivity index (χ4v) is 3.30. The summed E-state index contributed by atoms with van der Waals surface area (Å²) in [4.78, 5) is 9.52. The Hall–Kier alpha value is -5.80. The average Bonchev–Trinajstić information content (AvgIpc) is 2.85. The van der Waals surface area contributed by atoms with Crippen molar-refractivity contribution in [1.29, 1.82) is 15.8 Å². The molecule has 156 valence electrons. The van der Waals surface area contributed by atoms with Gasteiger partial charge in [0, 0.05) is 0 Å². The van der Waals surface area contributed by atoms with E-state index in [0.29, 0.717) is 0 Å². The van der Waals surface area contributed by atoms with E-state index in [1.54, 1.807) is 18.2 Å². The van der Waals surface area contributed by atoms with E-state index in [9.17, 15) is 19.3 Å². The summed E-state index contributed by atoms with van der Waals surface area (Å²) in [5.41, 5.74) is -0.394. The number of benzene rings is 3. The normalized spacial score (nSPS) is 11.4. The topological polar surface area (TPSA) is 84.4 Å². The van der Waals surface area contributed by atoms with Gasteiger partial charge in [0.05, 0.1) is 37.4 Å². The van der Waals surface area contributed by atoms with Gasteiger partial charge in [-0.1, -0.05) is 30.3 Å². The van der Waals surface area contributed by atoms with Crippen LogP contribution in [0.1, 0.15) is 5.56 Å². The second kappa shape index (κ2) is 9.56. The maximum absolute atomic E-state index is 14.4. The number of nitriles is 3. The summed E-state index contributed by atoms with van der Waals surface area (Å²) in [5, 5.41) is 28.2. The van der Waals surface area contributed by atoms with Crippen LogP contribution < -0.4 is 10.4 Å². The van der Waals surface area contributed by atoms with Crippen molar-refractivity contribution in [3.63, 3.8) is 0 Å². The number of hydrogen-bond acceptors (Lipinski definition) is 3. The van der Waals surface area contributed by atoms with Gasteiger partial charge in [0.1, 0.15) is 17.7 Å². The largest absolute Gasteiger partial charge is 0.269 e. The van der Waals surface area contributed by atoms with Crippen molar-refractivity contribution in [2.45, 2.75) is 0 Å². The third-order valence-corrected chi connectivity index (χ3v) is 4.88. The van der Waals surface area contributed by atoms with E-state index in [2.05, 4.69) is 14.5 Å². The van der Waals surface area contributed by atoms with E-state index in [0.717, 1.165) is 12.1 Å². The standard InChI is InChI=1S/C26H8F2N6/c1-32-24-7-6-16(9-23(24)28)19-11-20(25(13-30)33-2)18(10-21(19)26(14-31)34-3)15-4-5-17(12-29)22(27)8-15/h4-11H/b25-20+,26-21-. The van der Waals surface area contributed by atoms with Gasteiger partial charge in [-0.3, -0.25) is 0 Å². The Labute approximate surface area is 192 Å². The Morgan fingerprint density at radius 2 is 1.21 bits per heavy atom. The molecule has 0 amide bonds. The second-order valence-electron chi connectivity index (χ2n) is 6.67. The molecule has 0 N–H and O–H groups in total. The maximum atomic E-state index is 14.4. The molecule has 0 heterocycles. The van der Waals surface area contributed by atoms with Crippen LogP contribution in [0.3, 0.4) is 0 Å². The van der Waals surface area contributed by atoms with E-state index < -0.39 is 11.6 Å². The molecule has 0 atom stereocenters. The van der Waals surface area contributed by atoms with Crippen LogP contribution in [0.15, 0.2) is 48.5 Å². The van der Waals surface area contributed by atoms with Gasteiger partial charge >= 0.3 is 0 Å². The van der Waals surface area contributed by atoms with Gasteiger partial charge in [-0.25, -0.2) is 33.8 Å². The molecule has 0 radical (unpaired) electrons. The highest BCUT2D eigenvalue weighted by molar-refractivity contribution is 5.82. The molecule has 0 saturated carbocycles. The van der Waals surface area contributed by atoms with Gasteiger partial charge in [-0.15, -0.1) is 0 Å². The number of rotatable bonds is 2. The lowest BCUT2D eigenvalue weighted by Crippen LogP contribution is -2.19. The third-order valence-electron chi connectivity index (χ3n) is 4.88. The van der Waals surface area contributed by atoms with Crippen LogP contribution in [0, 0.1) is 65.3 Å². The van der Waals surface area contributed by atoms with Crippen molar-refractivity contribution < 1.29 is 8.78 Å². The van der Waals surface area contributed by atoms with Crippen LogP contribution in [-0.2, 0) is 0 Å². The highest BCUT2D eigenvalue weighted by Gasteiger charge is 2.15. The van der Waals surface area contributed by atoms with Crippen molar-refractivity contribution in [3.8, 4) is 40.5 Å². The van der Waals surface area contributed by atoms with Crippen LogP contribution in [0.4, 0.5) is 14.5 Å². The van der Waals surface area contributed by atoms with Crippen LogP contribution in [0.5, 0.6) is 0 Å². The van der Waals surface area contributed by atoms with Crippen molar-refractivity contribution in [2.75, 3.05) is 0 Å². The van der Waals surface area contributed by atoms with Crippen LogP contribution in [0.2, 0.25) is 0 Å². The molecule has 0 aliphatic carbocycles. The Morgan fingerprint density at radius 3 is 1.59 bits per heavy atom. The molecule has 3 aromatic carbocycles. The Morgan fingerprint density at radius 1 is 0.706 bits per heavy atom. The maximum Gasteiger partial charge on any atom is 0.269 e. The molecule has 0 aliphatic rings. The van der Waals surface area contributed by atoms with Gasteiger partial charge in [-0.2, -0.15) is 5.26 Å². The van der Waals surface area contributed by atoms with E-state index >= 15 is 0 Å². The second-order valence-corrected chi connectivity index (χ2v) is 6.67. The minimum absolute atomic E-state index is 0.0669. The highest BCUT2D eigenvalue weighted by atomic mass is 19.1. The van der Waals surface area contributed by atoms with Crippen molar-refractivity contribution in [1.82, 2.24) is 0 Å². The lowest BCUT2D eigenvalue weighted by Gasteiger charge is -2.11. The highest BCUT2D eigenvalue weighted by Crippen LogP contribution is 2.26. The summed E-state index contributed by atoms with van der Waals surface area (Å²) in [6, 6.07) is 15.4. The fraction of sp³-hybridized carbons (Fsp3) is 0. The first-order valence-electron chi connectivity index (χ1n) is 9.27. The third kappa shape index (κ3) is 4.04. The summed E-state index contributed by atoms with van der Waals surface area (Å²) in [6.45, 7) is 21.8. The molecule has 0 spiro atoms. The molecule has 0 aliphatic heterocycles. The predicted molar refractivity (Wildman–Crippen MR) is 119 cm³/mol. The number of halogens is 2. The van der Waals surface area contributed by atoms with E-state index in [1.165, 1.54) is 36.4 Å². The van der Waals surface area contributed by atoms with Crippen molar-refractivity contribution in [2.24, 2.45) is 0 Å². The van der Waals surface area contributed by atoms with Crippen molar-refractivity contribution in [3.05, 3.63) is 110 Å². The Kier molecular flexibility index (Phi) is 6.43. The number of nitrogens with zero attached hydrogens (tertiary/aromatic N) is 6. The van der Waals surface area contributed by atoms with Crippen molar-refractivity contribution >= 4 is 17.1 Å². The zero-order valence-electron chi connectivity index (χ0n) is 17.1. The first-order chi connectivity index (χ1) is 16.4. The summed E-state index contributed by atoms with van der Waals surface area (Å²) in [5.74, 6) is -1.65. The summed E-state index contributed by atoms with van der Waals surface area (Å²) >= 11 is 0. The smallest absolute Gasteiger partial charge is 0.235 e. The molecular formula is C26H8F2N6. The van der Waals surface area contributed by atoms with Gasteiger partial charge in [0.25, 0.3) is 11.4 Å². The lowest BCUT2D eigenvalue weighted by atomic mass is 9.93. The van der Waals surface area contributed by atoms with E-state index in [-0.39, 0.29) is 55.3 Å². The zero-order chi connectivity index (χ0) is 24.8. The first-order valence-corrected chi connectivity index (χ1v) is 9.27. The first kappa shape index (κ1) is 22.9. The average molecular weight is 442 g/mol. The van der Waals surface area contributed by atoms with Gasteiger partial charge in [0.2, 0.25) is 5.69 Å². The van der Waals surface area contributed by atoms with Crippen LogP contribution in [-0.4, -0.2) is 0 Å². The molecular weight excluding hydrogens is 434 g/mol. The van der Waals surface area contributed by atoms with Gasteiger partial charge in [-0.05, 0) is 50.9 Å². The molecule has 0 unspecified atom stereocenters. The quantitative estimate of drug-likeness (QED) is 0.533. The summed E-state index contributed by atoms with van der Waals surface area (Å²) in [7, 11) is 0. The number of hydrogen-bond donors (Lipinski definition) is 0. The van der Waals surface area contributed by atoms with Crippen LogP contribution >= 0.6 is 0 Å². The summed E-state index contributed by atoms with van der Waals surface area (Å²) < 4.78 is 28.7.